The van der Waals surface area contributed by atoms with Crippen LogP contribution >= 0.6 is 11.8 Å². The van der Waals surface area contributed by atoms with Gasteiger partial charge in [-0.1, -0.05) is 23.9 Å². The van der Waals surface area contributed by atoms with Crippen LogP contribution in [-0.4, -0.2) is 23.8 Å². The summed E-state index contributed by atoms with van der Waals surface area (Å²) in [5, 5.41) is 3.10. The second kappa shape index (κ2) is 8.05. The molecule has 0 atom stereocenters. The molecule has 24 heavy (non-hydrogen) atoms. The highest BCUT2D eigenvalue weighted by Gasteiger charge is 2.30. The SMILES string of the molecule is COc1ccc(CNC(=O)CSc2ccc(C(F)(F)F)cn2)cc1. The molecular formula is C16H15F3N2O2S. The molecule has 128 valence electrons. The Morgan fingerprint density at radius 1 is 1.21 bits per heavy atom. The minimum atomic E-state index is -4.41. The summed E-state index contributed by atoms with van der Waals surface area (Å²) in [5.41, 5.74) is 0.109. The van der Waals surface area contributed by atoms with Gasteiger partial charge in [0.05, 0.1) is 23.5 Å². The Morgan fingerprint density at radius 2 is 1.92 bits per heavy atom. The van der Waals surface area contributed by atoms with Crippen molar-refractivity contribution in [2.45, 2.75) is 17.7 Å². The summed E-state index contributed by atoms with van der Waals surface area (Å²) in [4.78, 5) is 15.5. The lowest BCUT2D eigenvalue weighted by molar-refractivity contribution is -0.137. The van der Waals surface area contributed by atoms with E-state index >= 15 is 0 Å². The number of aromatic nitrogens is 1. The Balaban J connectivity index is 1.78. The number of nitrogens with zero attached hydrogens (tertiary/aromatic N) is 1. The van der Waals surface area contributed by atoms with E-state index in [0.717, 1.165) is 35.3 Å². The van der Waals surface area contributed by atoms with Crippen molar-refractivity contribution in [1.29, 1.82) is 0 Å². The Bertz CT molecular complexity index is 673. The monoisotopic (exact) mass is 356 g/mol. The molecule has 1 aromatic carbocycles. The number of rotatable bonds is 6. The number of benzene rings is 1. The first-order chi connectivity index (χ1) is 11.4. The Hall–Kier alpha value is -2.22. The van der Waals surface area contributed by atoms with Crippen molar-refractivity contribution in [1.82, 2.24) is 10.3 Å². The molecule has 0 bridgehead atoms. The van der Waals surface area contributed by atoms with E-state index in [1.54, 1.807) is 19.2 Å². The van der Waals surface area contributed by atoms with Crippen molar-refractivity contribution >= 4 is 17.7 Å². The third-order valence-corrected chi connectivity index (χ3v) is 4.01. The molecule has 0 fully saturated rings. The van der Waals surface area contributed by atoms with Gasteiger partial charge in [-0.15, -0.1) is 0 Å². The topological polar surface area (TPSA) is 51.2 Å². The van der Waals surface area contributed by atoms with Gasteiger partial charge >= 0.3 is 6.18 Å². The summed E-state index contributed by atoms with van der Waals surface area (Å²) in [7, 11) is 1.57. The van der Waals surface area contributed by atoms with Crippen molar-refractivity contribution < 1.29 is 22.7 Å². The van der Waals surface area contributed by atoms with E-state index in [1.165, 1.54) is 6.07 Å². The highest BCUT2D eigenvalue weighted by Crippen LogP contribution is 2.29. The van der Waals surface area contributed by atoms with Gasteiger partial charge in [0.25, 0.3) is 0 Å². The van der Waals surface area contributed by atoms with Crippen LogP contribution in [0.4, 0.5) is 13.2 Å². The number of pyridine rings is 1. The van der Waals surface area contributed by atoms with Crippen LogP contribution < -0.4 is 10.1 Å². The zero-order valence-electron chi connectivity index (χ0n) is 12.8. The summed E-state index contributed by atoms with van der Waals surface area (Å²) >= 11 is 1.08. The van der Waals surface area contributed by atoms with Crippen LogP contribution in [0.15, 0.2) is 47.6 Å². The van der Waals surface area contributed by atoms with Crippen LogP contribution in [0.3, 0.4) is 0 Å². The molecule has 0 aliphatic carbocycles. The summed E-state index contributed by atoms with van der Waals surface area (Å²) in [6, 6.07) is 9.47. The van der Waals surface area contributed by atoms with Crippen LogP contribution in [0.1, 0.15) is 11.1 Å². The average molecular weight is 356 g/mol. The minimum absolute atomic E-state index is 0.0779. The number of halogens is 3. The molecule has 0 spiro atoms. The van der Waals surface area contributed by atoms with Gasteiger partial charge in [0, 0.05) is 12.7 Å². The maximum absolute atomic E-state index is 12.4. The number of alkyl halides is 3. The van der Waals surface area contributed by atoms with Crippen molar-refractivity contribution in [3.63, 3.8) is 0 Å². The number of thioether (sulfide) groups is 1. The molecule has 0 aliphatic rings. The van der Waals surface area contributed by atoms with E-state index in [1.807, 2.05) is 12.1 Å². The molecule has 0 radical (unpaired) electrons. The first-order valence-corrected chi connectivity index (χ1v) is 7.93. The molecule has 0 saturated heterocycles. The molecule has 2 rings (SSSR count). The van der Waals surface area contributed by atoms with Crippen molar-refractivity contribution in [3.8, 4) is 5.75 Å². The van der Waals surface area contributed by atoms with Gasteiger partial charge in [0.15, 0.2) is 0 Å². The number of hydrogen-bond donors (Lipinski definition) is 1. The number of nitrogens with one attached hydrogen (secondary N) is 1. The lowest BCUT2D eigenvalue weighted by Gasteiger charge is -2.07. The van der Waals surface area contributed by atoms with E-state index < -0.39 is 11.7 Å². The number of carbonyl (C=O) groups excluding carboxylic acids is 1. The Labute approximate surface area is 141 Å². The van der Waals surface area contributed by atoms with E-state index in [2.05, 4.69) is 10.3 Å². The van der Waals surface area contributed by atoms with E-state index in [0.29, 0.717) is 11.6 Å². The van der Waals surface area contributed by atoms with Crippen LogP contribution in [-0.2, 0) is 17.5 Å². The van der Waals surface area contributed by atoms with Crippen LogP contribution in [0.2, 0.25) is 0 Å². The first kappa shape index (κ1) is 18.1. The summed E-state index contributed by atoms with van der Waals surface area (Å²) in [5.74, 6) is 0.584. The van der Waals surface area contributed by atoms with Gasteiger partial charge < -0.3 is 10.1 Å². The molecule has 1 heterocycles. The normalized spacial score (nSPS) is 11.2. The highest BCUT2D eigenvalue weighted by molar-refractivity contribution is 7.99. The zero-order valence-corrected chi connectivity index (χ0v) is 13.6. The zero-order chi connectivity index (χ0) is 17.6. The molecule has 1 N–H and O–H groups in total. The average Bonchev–Trinajstić information content (AvgIpc) is 2.58. The lowest BCUT2D eigenvalue weighted by Crippen LogP contribution is -2.24. The Morgan fingerprint density at radius 3 is 2.46 bits per heavy atom. The van der Waals surface area contributed by atoms with E-state index in [-0.39, 0.29) is 11.7 Å². The third-order valence-electron chi connectivity index (χ3n) is 3.06. The highest BCUT2D eigenvalue weighted by atomic mass is 32.2. The molecule has 0 unspecified atom stereocenters. The Kier molecular flexibility index (Phi) is 6.08. The van der Waals surface area contributed by atoms with Crippen molar-refractivity contribution in [2.75, 3.05) is 12.9 Å². The molecule has 2 aromatic rings. The van der Waals surface area contributed by atoms with Gasteiger partial charge in [-0.25, -0.2) is 4.98 Å². The van der Waals surface area contributed by atoms with Crippen LogP contribution in [0.25, 0.3) is 0 Å². The van der Waals surface area contributed by atoms with Crippen molar-refractivity contribution in [2.24, 2.45) is 0 Å². The summed E-state index contributed by atoms with van der Waals surface area (Å²) < 4.78 is 42.3. The fourth-order valence-electron chi connectivity index (χ4n) is 1.77. The predicted molar refractivity (Wildman–Crippen MR) is 84.8 cm³/mol. The van der Waals surface area contributed by atoms with E-state index in [9.17, 15) is 18.0 Å². The largest absolute Gasteiger partial charge is 0.497 e. The van der Waals surface area contributed by atoms with Gasteiger partial charge in [-0.05, 0) is 29.8 Å². The van der Waals surface area contributed by atoms with Gasteiger partial charge in [0.1, 0.15) is 5.75 Å². The second-order valence-corrected chi connectivity index (χ2v) is 5.79. The molecule has 4 nitrogen and oxygen atoms in total. The lowest BCUT2D eigenvalue weighted by atomic mass is 10.2. The molecular weight excluding hydrogens is 341 g/mol. The number of carbonyl (C=O) groups is 1. The van der Waals surface area contributed by atoms with Crippen LogP contribution in [0.5, 0.6) is 5.75 Å². The molecule has 0 saturated carbocycles. The number of methoxy groups -OCH3 is 1. The minimum Gasteiger partial charge on any atom is -0.497 e. The van der Waals surface area contributed by atoms with Crippen LogP contribution in [0, 0.1) is 0 Å². The standard InChI is InChI=1S/C16H15F3N2O2S/c1-23-13-5-2-11(3-6-13)8-20-14(22)10-24-15-7-4-12(9-21-15)16(17,18)19/h2-7,9H,8,10H2,1H3,(H,20,22). The summed E-state index contributed by atoms with van der Waals surface area (Å²) in [6.07, 6.45) is -3.65. The maximum atomic E-state index is 12.4. The predicted octanol–water partition coefficient (Wildman–Crippen LogP) is 3.52. The number of ether oxygens (including phenoxy) is 1. The second-order valence-electron chi connectivity index (χ2n) is 4.80. The molecule has 0 aliphatic heterocycles. The van der Waals surface area contributed by atoms with Crippen molar-refractivity contribution in [3.05, 3.63) is 53.7 Å². The molecule has 1 amide bonds. The fourth-order valence-corrected chi connectivity index (χ4v) is 2.44. The quantitative estimate of drug-likeness (QED) is 0.805. The number of amides is 1. The van der Waals surface area contributed by atoms with Gasteiger partial charge in [-0.2, -0.15) is 13.2 Å². The first-order valence-electron chi connectivity index (χ1n) is 6.94. The fraction of sp³-hybridized carbons (Fsp3) is 0.250. The maximum Gasteiger partial charge on any atom is 0.417 e. The molecule has 8 heteroatoms. The third kappa shape index (κ3) is 5.45. The van der Waals surface area contributed by atoms with Gasteiger partial charge in [-0.3, -0.25) is 4.79 Å². The smallest absolute Gasteiger partial charge is 0.417 e. The number of hydrogen-bond acceptors (Lipinski definition) is 4. The van der Waals surface area contributed by atoms with E-state index in [4.69, 9.17) is 4.74 Å². The summed E-state index contributed by atoms with van der Waals surface area (Å²) in [6.45, 7) is 0.365. The van der Waals surface area contributed by atoms with Gasteiger partial charge in [0.2, 0.25) is 5.91 Å². The molecule has 1 aromatic heterocycles.